The van der Waals surface area contributed by atoms with Crippen molar-refractivity contribution in [3.63, 3.8) is 0 Å². The van der Waals surface area contributed by atoms with E-state index in [0.29, 0.717) is 16.5 Å². The summed E-state index contributed by atoms with van der Waals surface area (Å²) in [6.07, 6.45) is 0. The lowest BCUT2D eigenvalue weighted by Crippen LogP contribution is -1.95. The third kappa shape index (κ3) is 2.33. The molecule has 0 amide bonds. The van der Waals surface area contributed by atoms with Crippen LogP contribution in [-0.2, 0) is 7.05 Å². The molecule has 0 aliphatic heterocycles. The topological polar surface area (TPSA) is 39.9 Å². The molecule has 1 aromatic heterocycles. The molecule has 15 heavy (non-hydrogen) atoms. The van der Waals surface area contributed by atoms with Gasteiger partial charge in [0.2, 0.25) is 4.73 Å². The van der Waals surface area contributed by atoms with Crippen LogP contribution in [0.1, 0.15) is 0 Å². The molecule has 78 valence electrons. The molecular weight excluding hydrogens is 265 g/mol. The molecule has 4 nitrogen and oxygen atoms in total. The van der Waals surface area contributed by atoms with E-state index < -0.39 is 0 Å². The Morgan fingerprint density at radius 1 is 1.47 bits per heavy atom. The minimum absolute atomic E-state index is 0.299. The maximum Gasteiger partial charge on any atom is 0.321 e. The highest BCUT2D eigenvalue weighted by Crippen LogP contribution is 2.20. The van der Waals surface area contributed by atoms with Crippen molar-refractivity contribution in [1.82, 2.24) is 14.8 Å². The number of halogens is 2. The minimum atomic E-state index is -0.353. The van der Waals surface area contributed by atoms with Gasteiger partial charge in [0.05, 0.1) is 0 Å². The first kappa shape index (κ1) is 10.1. The normalized spacial score (nSPS) is 10.3. The third-order valence-corrected chi connectivity index (χ3v) is 2.04. The van der Waals surface area contributed by atoms with Gasteiger partial charge in [-0.2, -0.15) is 4.98 Å². The maximum absolute atomic E-state index is 12.8. The van der Waals surface area contributed by atoms with Crippen LogP contribution in [0.2, 0.25) is 0 Å². The monoisotopic (exact) mass is 271 g/mol. The van der Waals surface area contributed by atoms with E-state index in [-0.39, 0.29) is 5.82 Å². The van der Waals surface area contributed by atoms with Gasteiger partial charge in [-0.25, -0.2) is 9.07 Å². The second-order valence-corrected chi connectivity index (χ2v) is 3.56. The van der Waals surface area contributed by atoms with Crippen LogP contribution in [0.3, 0.4) is 0 Å². The SMILES string of the molecule is Cn1nc(Br)nc1Oc1cccc(F)c1. The molecule has 0 radical (unpaired) electrons. The van der Waals surface area contributed by atoms with E-state index in [4.69, 9.17) is 4.74 Å². The molecule has 0 fully saturated rings. The highest BCUT2D eigenvalue weighted by molar-refractivity contribution is 9.10. The Kier molecular flexibility index (Phi) is 2.68. The molecule has 0 atom stereocenters. The molecule has 0 unspecified atom stereocenters. The average molecular weight is 272 g/mol. The molecule has 1 aromatic carbocycles. The maximum atomic E-state index is 12.8. The fourth-order valence-corrected chi connectivity index (χ4v) is 1.45. The molecule has 2 rings (SSSR count). The number of hydrogen-bond acceptors (Lipinski definition) is 3. The quantitative estimate of drug-likeness (QED) is 0.843. The van der Waals surface area contributed by atoms with Crippen molar-refractivity contribution in [2.45, 2.75) is 0 Å². The molecule has 0 saturated carbocycles. The Bertz CT molecular complexity index is 486. The predicted molar refractivity (Wildman–Crippen MR) is 55.2 cm³/mol. The zero-order valence-electron chi connectivity index (χ0n) is 7.82. The van der Waals surface area contributed by atoms with E-state index in [2.05, 4.69) is 26.0 Å². The second-order valence-electron chi connectivity index (χ2n) is 2.85. The standard InChI is InChI=1S/C9H7BrFN3O/c1-14-9(12-8(10)13-14)15-7-4-2-3-6(11)5-7/h2-5H,1H3. The van der Waals surface area contributed by atoms with Crippen molar-refractivity contribution in [2.75, 3.05) is 0 Å². The first-order valence-corrected chi connectivity index (χ1v) is 4.94. The fourth-order valence-electron chi connectivity index (χ4n) is 1.06. The molecule has 0 spiro atoms. The first-order chi connectivity index (χ1) is 7.15. The van der Waals surface area contributed by atoms with E-state index in [1.807, 2.05) is 0 Å². The van der Waals surface area contributed by atoms with Gasteiger partial charge < -0.3 is 4.74 Å². The average Bonchev–Trinajstić information content (AvgIpc) is 2.45. The Morgan fingerprint density at radius 2 is 2.27 bits per heavy atom. The van der Waals surface area contributed by atoms with Crippen LogP contribution in [0.15, 0.2) is 29.0 Å². The molecule has 6 heteroatoms. The van der Waals surface area contributed by atoms with Crippen LogP contribution < -0.4 is 4.74 Å². The van der Waals surface area contributed by atoms with Gasteiger partial charge in [-0.15, -0.1) is 5.10 Å². The summed E-state index contributed by atoms with van der Waals surface area (Å²) in [6, 6.07) is 6.14. The highest BCUT2D eigenvalue weighted by atomic mass is 79.9. The molecular formula is C9H7BrFN3O. The summed E-state index contributed by atoms with van der Waals surface area (Å²) < 4.78 is 20.1. The summed E-state index contributed by atoms with van der Waals surface area (Å²) in [6.45, 7) is 0. The number of hydrogen-bond donors (Lipinski definition) is 0. The summed E-state index contributed by atoms with van der Waals surface area (Å²) >= 11 is 3.11. The van der Waals surface area contributed by atoms with E-state index >= 15 is 0 Å². The predicted octanol–water partition coefficient (Wildman–Crippen LogP) is 2.51. The molecule has 0 aliphatic carbocycles. The first-order valence-electron chi connectivity index (χ1n) is 4.15. The number of rotatable bonds is 2. The van der Waals surface area contributed by atoms with Crippen LogP contribution >= 0.6 is 15.9 Å². The van der Waals surface area contributed by atoms with Gasteiger partial charge in [0.25, 0.3) is 0 Å². The van der Waals surface area contributed by atoms with Crippen molar-refractivity contribution < 1.29 is 9.13 Å². The Balaban J connectivity index is 2.25. The number of aromatic nitrogens is 3. The Morgan fingerprint density at radius 3 is 2.87 bits per heavy atom. The van der Waals surface area contributed by atoms with Gasteiger partial charge in [0, 0.05) is 13.1 Å². The summed E-state index contributed by atoms with van der Waals surface area (Å²) in [4.78, 5) is 3.96. The van der Waals surface area contributed by atoms with Crippen LogP contribution in [0, 0.1) is 5.82 Å². The third-order valence-electron chi connectivity index (χ3n) is 1.70. The lowest BCUT2D eigenvalue weighted by atomic mass is 10.3. The summed E-state index contributed by atoms with van der Waals surface area (Å²) in [5, 5.41) is 3.93. The number of nitrogens with zero attached hydrogens (tertiary/aromatic N) is 3. The van der Waals surface area contributed by atoms with Crippen LogP contribution in [0.4, 0.5) is 4.39 Å². The highest BCUT2D eigenvalue weighted by Gasteiger charge is 2.07. The van der Waals surface area contributed by atoms with Crippen LogP contribution in [0.25, 0.3) is 0 Å². The summed E-state index contributed by atoms with van der Waals surface area (Å²) in [7, 11) is 1.69. The zero-order chi connectivity index (χ0) is 10.8. The molecule has 2 aromatic rings. The number of ether oxygens (including phenoxy) is 1. The van der Waals surface area contributed by atoms with Gasteiger partial charge in [0.1, 0.15) is 11.6 Å². The van der Waals surface area contributed by atoms with E-state index in [1.54, 1.807) is 19.2 Å². The van der Waals surface area contributed by atoms with Gasteiger partial charge in [-0.3, -0.25) is 0 Å². The number of aryl methyl sites for hydroxylation is 1. The minimum Gasteiger partial charge on any atom is -0.424 e. The van der Waals surface area contributed by atoms with Gasteiger partial charge in [0.15, 0.2) is 0 Å². The second kappa shape index (κ2) is 3.98. The van der Waals surface area contributed by atoms with E-state index in [1.165, 1.54) is 16.8 Å². The zero-order valence-corrected chi connectivity index (χ0v) is 9.40. The molecule has 0 bridgehead atoms. The summed E-state index contributed by atoms with van der Waals surface area (Å²) in [5.74, 6) is 0.0340. The van der Waals surface area contributed by atoms with Crippen molar-refractivity contribution >= 4 is 15.9 Å². The molecule has 0 aliphatic rings. The lowest BCUT2D eigenvalue weighted by molar-refractivity contribution is 0.412. The van der Waals surface area contributed by atoms with Gasteiger partial charge >= 0.3 is 6.01 Å². The Hall–Kier alpha value is -1.43. The van der Waals surface area contributed by atoms with Crippen LogP contribution in [0.5, 0.6) is 11.8 Å². The fraction of sp³-hybridized carbons (Fsp3) is 0.111. The molecule has 0 saturated heterocycles. The van der Waals surface area contributed by atoms with Crippen molar-refractivity contribution in [3.05, 3.63) is 34.8 Å². The largest absolute Gasteiger partial charge is 0.424 e. The van der Waals surface area contributed by atoms with Crippen molar-refractivity contribution in [2.24, 2.45) is 7.05 Å². The molecule has 1 heterocycles. The van der Waals surface area contributed by atoms with E-state index in [9.17, 15) is 4.39 Å². The number of benzene rings is 1. The van der Waals surface area contributed by atoms with Crippen molar-refractivity contribution in [1.29, 1.82) is 0 Å². The summed E-state index contributed by atoms with van der Waals surface area (Å²) in [5.41, 5.74) is 0. The molecule has 0 N–H and O–H groups in total. The van der Waals surface area contributed by atoms with Crippen molar-refractivity contribution in [3.8, 4) is 11.8 Å². The van der Waals surface area contributed by atoms with E-state index in [0.717, 1.165) is 0 Å². The lowest BCUT2D eigenvalue weighted by Gasteiger charge is -2.02. The van der Waals surface area contributed by atoms with Gasteiger partial charge in [-0.05, 0) is 28.1 Å². The Labute approximate surface area is 93.8 Å². The van der Waals surface area contributed by atoms with Gasteiger partial charge in [-0.1, -0.05) is 6.07 Å². The van der Waals surface area contributed by atoms with Crippen LogP contribution in [-0.4, -0.2) is 14.8 Å². The smallest absolute Gasteiger partial charge is 0.321 e.